The highest BCUT2D eigenvalue weighted by atomic mass is 16.7. The average molecular weight is 200 g/mol. The summed E-state index contributed by atoms with van der Waals surface area (Å²) in [4.78, 5) is 0. The molecule has 0 aliphatic heterocycles. The molecule has 14 heavy (non-hydrogen) atoms. The van der Waals surface area contributed by atoms with E-state index in [1.54, 1.807) is 14.2 Å². The number of terminal acetylenes is 1. The van der Waals surface area contributed by atoms with Gasteiger partial charge in [0, 0.05) is 20.8 Å². The predicted molar refractivity (Wildman–Crippen MR) is 56.7 cm³/mol. The number of nitrogens with one attached hydrogen (secondary N) is 1. The van der Waals surface area contributed by atoms with Crippen LogP contribution in [0.5, 0.6) is 0 Å². The smallest absolute Gasteiger partial charge is 0.175 e. The minimum Gasteiger partial charge on any atom is -0.354 e. The first-order valence-corrected chi connectivity index (χ1v) is 4.53. The first kappa shape index (κ1) is 13.4. The number of hydrogen-bond acceptors (Lipinski definition) is 4. The highest BCUT2D eigenvalue weighted by molar-refractivity contribution is 5.01. The Bertz CT molecular complexity index is 199. The Morgan fingerprint density at radius 3 is 2.29 bits per heavy atom. The van der Waals surface area contributed by atoms with Crippen LogP contribution in [0.2, 0.25) is 0 Å². The van der Waals surface area contributed by atoms with Gasteiger partial charge in [-0.1, -0.05) is 5.92 Å². The molecule has 2 atom stereocenters. The van der Waals surface area contributed by atoms with Gasteiger partial charge in [-0.15, -0.1) is 6.42 Å². The van der Waals surface area contributed by atoms with E-state index in [0.29, 0.717) is 6.54 Å². The molecular formula is C10H20N2O2. The molecule has 3 N–H and O–H groups in total. The molecule has 0 heterocycles. The fourth-order valence-electron chi connectivity index (χ4n) is 1.38. The zero-order valence-corrected chi connectivity index (χ0v) is 9.33. The van der Waals surface area contributed by atoms with Crippen molar-refractivity contribution in [2.45, 2.75) is 31.7 Å². The Morgan fingerprint density at radius 2 is 2.00 bits per heavy atom. The third-order valence-electron chi connectivity index (χ3n) is 2.17. The van der Waals surface area contributed by atoms with Crippen molar-refractivity contribution in [2.24, 2.45) is 5.73 Å². The van der Waals surface area contributed by atoms with Crippen molar-refractivity contribution in [2.75, 3.05) is 20.8 Å². The monoisotopic (exact) mass is 200 g/mol. The average Bonchev–Trinajstić information content (AvgIpc) is 2.19. The van der Waals surface area contributed by atoms with E-state index in [1.807, 2.05) is 13.8 Å². The second-order valence-electron chi connectivity index (χ2n) is 3.46. The van der Waals surface area contributed by atoms with Crippen LogP contribution in [0.3, 0.4) is 0 Å². The van der Waals surface area contributed by atoms with Gasteiger partial charge in [0.2, 0.25) is 0 Å². The summed E-state index contributed by atoms with van der Waals surface area (Å²) in [5.74, 6) is 2.58. The molecular weight excluding hydrogens is 180 g/mol. The molecule has 0 bridgehead atoms. The third kappa shape index (κ3) is 3.28. The molecule has 82 valence electrons. The number of hydrogen-bond donors (Lipinski definition) is 2. The second kappa shape index (κ2) is 5.99. The van der Waals surface area contributed by atoms with Crippen molar-refractivity contribution < 1.29 is 9.47 Å². The van der Waals surface area contributed by atoms with Crippen LogP contribution in [0.4, 0.5) is 0 Å². The van der Waals surface area contributed by atoms with E-state index < -0.39 is 11.8 Å². The lowest BCUT2D eigenvalue weighted by molar-refractivity contribution is -0.149. The second-order valence-corrected chi connectivity index (χ2v) is 3.46. The van der Waals surface area contributed by atoms with E-state index in [-0.39, 0.29) is 6.04 Å². The van der Waals surface area contributed by atoms with E-state index >= 15 is 0 Å². The number of nitrogens with two attached hydrogens (primary N) is 1. The van der Waals surface area contributed by atoms with Crippen molar-refractivity contribution in [1.29, 1.82) is 0 Å². The van der Waals surface area contributed by atoms with Gasteiger partial charge in [0.05, 0.1) is 11.6 Å². The summed E-state index contributed by atoms with van der Waals surface area (Å²) >= 11 is 0. The summed E-state index contributed by atoms with van der Waals surface area (Å²) in [6, 6.07) is -0.0728. The first-order valence-electron chi connectivity index (χ1n) is 4.53. The molecule has 0 aromatic heterocycles. The highest BCUT2D eigenvalue weighted by Gasteiger charge is 2.34. The van der Waals surface area contributed by atoms with Crippen molar-refractivity contribution >= 4 is 0 Å². The molecule has 4 nitrogen and oxygen atoms in total. The molecule has 0 radical (unpaired) electrons. The zero-order valence-electron chi connectivity index (χ0n) is 9.33. The van der Waals surface area contributed by atoms with Crippen molar-refractivity contribution in [3.8, 4) is 12.3 Å². The van der Waals surface area contributed by atoms with Gasteiger partial charge in [0.15, 0.2) is 6.29 Å². The molecule has 0 aromatic carbocycles. The van der Waals surface area contributed by atoms with E-state index in [9.17, 15) is 0 Å². The van der Waals surface area contributed by atoms with E-state index in [4.69, 9.17) is 21.6 Å². The molecule has 0 amide bonds. The van der Waals surface area contributed by atoms with Gasteiger partial charge in [0.25, 0.3) is 0 Å². The van der Waals surface area contributed by atoms with Crippen LogP contribution in [-0.2, 0) is 9.47 Å². The maximum Gasteiger partial charge on any atom is 0.175 e. The van der Waals surface area contributed by atoms with Gasteiger partial charge in [-0.05, 0) is 13.8 Å². The van der Waals surface area contributed by atoms with Crippen molar-refractivity contribution in [3.63, 3.8) is 0 Å². The maximum absolute atomic E-state index is 5.67. The molecule has 0 saturated heterocycles. The lowest BCUT2D eigenvalue weighted by Crippen LogP contribution is -2.60. The summed E-state index contributed by atoms with van der Waals surface area (Å²) in [5, 5.41) is 3.18. The predicted octanol–water partition coefficient (Wildman–Crippen LogP) is -0.0660. The standard InChI is InChI=1S/C10H20N2O2/c1-6-8(2)12-10(3,7-11)9(13-4)14-5/h1,8-9,12H,7,11H2,2-5H3. The van der Waals surface area contributed by atoms with Crippen LogP contribution in [-0.4, -0.2) is 38.6 Å². The van der Waals surface area contributed by atoms with E-state index in [0.717, 1.165) is 0 Å². The number of ether oxygens (including phenoxy) is 2. The van der Waals surface area contributed by atoms with Gasteiger partial charge in [0.1, 0.15) is 0 Å². The Labute approximate surface area is 86.1 Å². The lowest BCUT2D eigenvalue weighted by Gasteiger charge is -2.36. The van der Waals surface area contributed by atoms with Crippen LogP contribution in [0.1, 0.15) is 13.8 Å². The lowest BCUT2D eigenvalue weighted by atomic mass is 10.0. The summed E-state index contributed by atoms with van der Waals surface area (Å²) < 4.78 is 10.3. The quantitative estimate of drug-likeness (QED) is 0.465. The highest BCUT2D eigenvalue weighted by Crippen LogP contribution is 2.13. The molecule has 0 aliphatic rings. The molecule has 2 unspecified atom stereocenters. The molecule has 4 heteroatoms. The minimum atomic E-state index is -0.477. The van der Waals surface area contributed by atoms with Crippen LogP contribution < -0.4 is 11.1 Å². The molecule has 0 spiro atoms. The molecule has 0 fully saturated rings. The zero-order chi connectivity index (χ0) is 11.2. The van der Waals surface area contributed by atoms with Crippen LogP contribution in [0.15, 0.2) is 0 Å². The topological polar surface area (TPSA) is 56.5 Å². The van der Waals surface area contributed by atoms with Crippen molar-refractivity contribution in [3.05, 3.63) is 0 Å². The van der Waals surface area contributed by atoms with Crippen LogP contribution in [0.25, 0.3) is 0 Å². The summed E-state index contributed by atoms with van der Waals surface area (Å²) in [7, 11) is 3.15. The molecule has 0 aliphatic carbocycles. The fourth-order valence-corrected chi connectivity index (χ4v) is 1.38. The van der Waals surface area contributed by atoms with Gasteiger partial charge >= 0.3 is 0 Å². The minimum absolute atomic E-state index is 0.0728. The van der Waals surface area contributed by atoms with Crippen LogP contribution >= 0.6 is 0 Å². The SMILES string of the molecule is C#CC(C)NC(C)(CN)C(OC)OC. The Morgan fingerprint density at radius 1 is 1.50 bits per heavy atom. The first-order chi connectivity index (χ1) is 6.53. The van der Waals surface area contributed by atoms with Gasteiger partial charge in [-0.3, -0.25) is 5.32 Å². The Kier molecular flexibility index (Phi) is 5.73. The van der Waals surface area contributed by atoms with E-state index in [1.165, 1.54) is 0 Å². The largest absolute Gasteiger partial charge is 0.354 e. The number of methoxy groups -OCH3 is 2. The van der Waals surface area contributed by atoms with Gasteiger partial charge < -0.3 is 15.2 Å². The van der Waals surface area contributed by atoms with Gasteiger partial charge in [-0.25, -0.2) is 0 Å². The molecule has 0 rings (SSSR count). The maximum atomic E-state index is 5.67. The third-order valence-corrected chi connectivity index (χ3v) is 2.17. The summed E-state index contributed by atoms with van der Waals surface area (Å²) in [6.07, 6.45) is 4.87. The van der Waals surface area contributed by atoms with Crippen LogP contribution in [0, 0.1) is 12.3 Å². The van der Waals surface area contributed by atoms with Gasteiger partial charge in [-0.2, -0.15) is 0 Å². The summed E-state index contributed by atoms with van der Waals surface area (Å²) in [6.45, 7) is 4.18. The number of rotatable bonds is 6. The summed E-state index contributed by atoms with van der Waals surface area (Å²) in [5.41, 5.74) is 5.19. The Balaban J connectivity index is 4.53. The Hall–Kier alpha value is -0.600. The van der Waals surface area contributed by atoms with E-state index in [2.05, 4.69) is 11.2 Å². The molecule has 0 saturated carbocycles. The van der Waals surface area contributed by atoms with Crippen molar-refractivity contribution in [1.82, 2.24) is 5.32 Å². The normalized spacial score (nSPS) is 17.5. The fraction of sp³-hybridized carbons (Fsp3) is 0.800. The molecule has 0 aromatic rings.